The third-order valence-electron chi connectivity index (χ3n) is 5.08. The summed E-state index contributed by atoms with van der Waals surface area (Å²) in [5.74, 6) is 1.48. The van der Waals surface area contributed by atoms with Gasteiger partial charge in [0.2, 0.25) is 5.91 Å². The van der Waals surface area contributed by atoms with E-state index in [1.807, 2.05) is 23.4 Å². The average molecular weight is 398 g/mol. The predicted octanol–water partition coefficient (Wildman–Crippen LogP) is 2.91. The maximum absolute atomic E-state index is 13.0. The summed E-state index contributed by atoms with van der Waals surface area (Å²) < 4.78 is 0. The summed E-state index contributed by atoms with van der Waals surface area (Å²) in [5, 5.41) is 3.06. The quantitative estimate of drug-likeness (QED) is 0.811. The van der Waals surface area contributed by atoms with Crippen LogP contribution in [0.1, 0.15) is 33.1 Å². The zero-order chi connectivity index (χ0) is 18.0. The smallest absolute Gasteiger partial charge is 0.245 e. The largest absolute Gasteiger partial charge is 0.344 e. The van der Waals surface area contributed by atoms with Crippen molar-refractivity contribution in [3.8, 4) is 0 Å². The van der Waals surface area contributed by atoms with Crippen molar-refractivity contribution in [1.29, 1.82) is 0 Å². The maximum Gasteiger partial charge on any atom is 0.245 e. The molecule has 3 heterocycles. The van der Waals surface area contributed by atoms with Gasteiger partial charge in [-0.25, -0.2) is 9.97 Å². The Balaban J connectivity index is 0.00000243. The molecule has 0 saturated carbocycles. The molecular weight excluding hydrogens is 370 g/mol. The van der Waals surface area contributed by atoms with E-state index in [1.165, 1.54) is 0 Å². The third kappa shape index (κ3) is 4.27. The van der Waals surface area contributed by atoms with Crippen molar-refractivity contribution < 1.29 is 4.79 Å². The number of thiophene rings is 1. The molecule has 0 aliphatic carbocycles. The second kappa shape index (κ2) is 8.97. The molecule has 0 radical (unpaired) electrons. The summed E-state index contributed by atoms with van der Waals surface area (Å²) >= 11 is 1.60. The number of halogens is 1. The van der Waals surface area contributed by atoms with Crippen molar-refractivity contribution in [2.75, 3.05) is 25.0 Å². The molecule has 1 aliphatic rings. The predicted molar refractivity (Wildman–Crippen MR) is 110 cm³/mol. The molecule has 3 rings (SSSR count). The van der Waals surface area contributed by atoms with E-state index in [2.05, 4.69) is 28.7 Å². The van der Waals surface area contributed by atoms with Gasteiger partial charge in [-0.1, -0.05) is 13.8 Å². The molecule has 2 N–H and O–H groups in total. The number of carbonyl (C=O) groups excluding carboxylic acids is 1. The summed E-state index contributed by atoms with van der Waals surface area (Å²) in [6.45, 7) is 5.79. The Morgan fingerprint density at radius 2 is 2.23 bits per heavy atom. The number of hydrogen-bond donors (Lipinski definition) is 1. The molecule has 1 saturated heterocycles. The van der Waals surface area contributed by atoms with Gasteiger partial charge in [0, 0.05) is 26.2 Å². The first-order valence-electron chi connectivity index (χ1n) is 8.94. The average Bonchev–Trinajstić information content (AvgIpc) is 3.26. The van der Waals surface area contributed by atoms with Gasteiger partial charge < -0.3 is 15.5 Å². The van der Waals surface area contributed by atoms with Gasteiger partial charge in [0.1, 0.15) is 23.0 Å². The van der Waals surface area contributed by atoms with Gasteiger partial charge in [-0.3, -0.25) is 4.79 Å². The van der Waals surface area contributed by atoms with Gasteiger partial charge >= 0.3 is 0 Å². The monoisotopic (exact) mass is 397 g/mol. The number of nitrogens with zero attached hydrogens (tertiary/aromatic N) is 4. The van der Waals surface area contributed by atoms with Crippen LogP contribution in [-0.4, -0.2) is 53.0 Å². The highest BCUT2D eigenvalue weighted by Gasteiger charge is 2.34. The molecule has 2 unspecified atom stereocenters. The van der Waals surface area contributed by atoms with Crippen LogP contribution in [0, 0.1) is 5.92 Å². The molecule has 0 aromatic carbocycles. The third-order valence-corrected chi connectivity index (χ3v) is 5.90. The van der Waals surface area contributed by atoms with Crippen LogP contribution < -0.4 is 10.6 Å². The molecule has 0 bridgehead atoms. The van der Waals surface area contributed by atoms with Gasteiger partial charge in [-0.05, 0) is 36.6 Å². The molecule has 2 aromatic rings. The Bertz CT molecular complexity index is 737. The first-order valence-corrected chi connectivity index (χ1v) is 9.82. The molecular formula is C18H28ClN5OS. The van der Waals surface area contributed by atoms with Crippen LogP contribution in [0.4, 0.5) is 5.82 Å². The topological polar surface area (TPSA) is 75.3 Å². The number of amides is 1. The normalized spacial score (nSPS) is 18.2. The lowest BCUT2D eigenvalue weighted by molar-refractivity contribution is -0.131. The van der Waals surface area contributed by atoms with Gasteiger partial charge in [0.25, 0.3) is 0 Å². The SMILES string of the molecule is CC(C)C(N)CCN(C)C(=O)C1CCCN1c1ncnc2sccc12.Cl. The lowest BCUT2D eigenvalue weighted by Crippen LogP contribution is -2.45. The molecule has 1 aliphatic heterocycles. The van der Waals surface area contributed by atoms with Crippen molar-refractivity contribution in [2.45, 2.75) is 45.2 Å². The maximum atomic E-state index is 13.0. The van der Waals surface area contributed by atoms with E-state index in [-0.39, 0.29) is 30.4 Å². The van der Waals surface area contributed by atoms with E-state index < -0.39 is 0 Å². The molecule has 26 heavy (non-hydrogen) atoms. The van der Waals surface area contributed by atoms with E-state index in [4.69, 9.17) is 5.73 Å². The van der Waals surface area contributed by atoms with Crippen LogP contribution in [0.15, 0.2) is 17.8 Å². The second-order valence-corrected chi connectivity index (χ2v) is 8.04. The zero-order valence-corrected chi connectivity index (χ0v) is 17.2. The molecule has 6 nitrogen and oxygen atoms in total. The summed E-state index contributed by atoms with van der Waals surface area (Å²) in [6, 6.07) is 2.03. The molecule has 8 heteroatoms. The number of anilines is 1. The molecule has 2 aromatic heterocycles. The molecule has 144 valence electrons. The number of carbonyl (C=O) groups is 1. The highest BCUT2D eigenvalue weighted by atomic mass is 35.5. The standard InChI is InChI=1S/C18H27N5OS.ClH/c1-12(2)14(19)6-9-22(3)18(24)15-5-4-8-23(15)16-13-7-10-25-17(13)21-11-20-16;/h7,10-12,14-15H,4-6,8-9,19H2,1-3H3;1H. The number of likely N-dealkylation sites (N-methyl/N-ethyl adjacent to an activating group) is 1. The van der Waals surface area contributed by atoms with E-state index in [0.717, 1.165) is 41.8 Å². The van der Waals surface area contributed by atoms with E-state index >= 15 is 0 Å². The number of fused-ring (bicyclic) bond motifs is 1. The number of aromatic nitrogens is 2. The number of nitrogens with two attached hydrogens (primary N) is 1. The fourth-order valence-corrected chi connectivity index (χ4v) is 4.05. The number of rotatable bonds is 6. The van der Waals surface area contributed by atoms with Crippen LogP contribution in [0.25, 0.3) is 10.2 Å². The highest BCUT2D eigenvalue weighted by Crippen LogP contribution is 2.32. The Hall–Kier alpha value is -1.44. The number of hydrogen-bond acceptors (Lipinski definition) is 6. The molecule has 1 fully saturated rings. The van der Waals surface area contributed by atoms with Crippen molar-refractivity contribution in [1.82, 2.24) is 14.9 Å². The Labute approximate surface area is 165 Å². The minimum Gasteiger partial charge on any atom is -0.344 e. The van der Waals surface area contributed by atoms with Gasteiger partial charge in [0.15, 0.2) is 0 Å². The summed E-state index contributed by atoms with van der Waals surface area (Å²) in [5.41, 5.74) is 6.12. The fraction of sp³-hybridized carbons (Fsp3) is 0.611. The van der Waals surface area contributed by atoms with E-state index in [9.17, 15) is 4.79 Å². The Morgan fingerprint density at radius 1 is 1.46 bits per heavy atom. The van der Waals surface area contributed by atoms with Crippen molar-refractivity contribution in [2.24, 2.45) is 11.7 Å². The second-order valence-electron chi connectivity index (χ2n) is 7.14. The highest BCUT2D eigenvalue weighted by molar-refractivity contribution is 7.16. The van der Waals surface area contributed by atoms with Crippen molar-refractivity contribution >= 4 is 45.7 Å². The van der Waals surface area contributed by atoms with Gasteiger partial charge in [-0.2, -0.15) is 0 Å². The first-order chi connectivity index (χ1) is 12.0. The van der Waals surface area contributed by atoms with E-state index in [0.29, 0.717) is 12.5 Å². The van der Waals surface area contributed by atoms with Gasteiger partial charge in [0.05, 0.1) is 5.39 Å². The minimum atomic E-state index is -0.140. The fourth-order valence-electron chi connectivity index (χ4n) is 3.32. The summed E-state index contributed by atoms with van der Waals surface area (Å²) in [4.78, 5) is 26.7. The Kier molecular flexibility index (Phi) is 7.20. The van der Waals surface area contributed by atoms with Crippen LogP contribution in [0.3, 0.4) is 0 Å². The lowest BCUT2D eigenvalue weighted by Gasteiger charge is -2.30. The van der Waals surface area contributed by atoms with Gasteiger partial charge in [-0.15, -0.1) is 23.7 Å². The first kappa shape index (κ1) is 20.9. The molecule has 0 spiro atoms. The van der Waals surface area contributed by atoms with Crippen LogP contribution >= 0.6 is 23.7 Å². The minimum absolute atomic E-state index is 0. The zero-order valence-electron chi connectivity index (χ0n) is 15.6. The lowest BCUT2D eigenvalue weighted by atomic mass is 10.0. The molecule has 1 amide bonds. The van der Waals surface area contributed by atoms with Crippen LogP contribution in [0.2, 0.25) is 0 Å². The van der Waals surface area contributed by atoms with Crippen LogP contribution in [-0.2, 0) is 4.79 Å². The van der Waals surface area contributed by atoms with Crippen molar-refractivity contribution in [3.63, 3.8) is 0 Å². The Morgan fingerprint density at radius 3 is 2.96 bits per heavy atom. The summed E-state index contributed by atoms with van der Waals surface area (Å²) in [6.07, 6.45) is 4.30. The summed E-state index contributed by atoms with van der Waals surface area (Å²) in [7, 11) is 1.88. The molecule has 2 atom stereocenters. The van der Waals surface area contributed by atoms with E-state index in [1.54, 1.807) is 17.7 Å². The van der Waals surface area contributed by atoms with Crippen LogP contribution in [0.5, 0.6) is 0 Å². The van der Waals surface area contributed by atoms with Crippen molar-refractivity contribution in [3.05, 3.63) is 17.8 Å².